The molecule has 0 fully saturated rings. The molecule has 16 heavy (non-hydrogen) atoms. The molecule has 0 aliphatic rings. The first-order valence-electron chi connectivity index (χ1n) is 5.53. The highest BCUT2D eigenvalue weighted by Gasteiger charge is 2.05. The molecule has 0 heterocycles. The second-order valence-corrected chi connectivity index (χ2v) is 6.03. The number of nitrogens with two attached hydrogens (primary N) is 1. The van der Waals surface area contributed by atoms with Crippen LogP contribution in [0.5, 0.6) is 0 Å². The summed E-state index contributed by atoms with van der Waals surface area (Å²) in [7, 11) is -3.07. The van der Waals surface area contributed by atoms with E-state index in [0.717, 1.165) is 32.2 Å². The highest BCUT2D eigenvalue weighted by molar-refractivity contribution is 7.90. The quantitative estimate of drug-likeness (QED) is 0.772. The van der Waals surface area contributed by atoms with E-state index in [1.807, 2.05) is 12.1 Å². The molecule has 0 unspecified atom stereocenters. The molecule has 2 N–H and O–H groups in total. The maximum Gasteiger partial charge on any atom is 0.175 e. The standard InChI is InChI=1S/C12H19NO2S/c1-16(14,15)12-8-6-11(7-9-12)5-3-2-4-10-13/h6-9H,2-5,10,13H2,1H3. The molecule has 1 aromatic carbocycles. The summed E-state index contributed by atoms with van der Waals surface area (Å²) in [6.45, 7) is 0.743. The van der Waals surface area contributed by atoms with Gasteiger partial charge in [-0.2, -0.15) is 0 Å². The molecule has 1 rings (SSSR count). The Kier molecular flexibility index (Phi) is 4.96. The van der Waals surface area contributed by atoms with E-state index in [0.29, 0.717) is 4.90 Å². The highest BCUT2D eigenvalue weighted by Crippen LogP contribution is 2.12. The molecular weight excluding hydrogens is 222 g/mol. The fourth-order valence-electron chi connectivity index (χ4n) is 1.55. The molecule has 0 aliphatic heterocycles. The van der Waals surface area contributed by atoms with Crippen molar-refractivity contribution in [2.75, 3.05) is 12.8 Å². The third kappa shape index (κ3) is 4.33. The molecular formula is C12H19NO2S. The maximum absolute atomic E-state index is 11.2. The van der Waals surface area contributed by atoms with Gasteiger partial charge in [0, 0.05) is 6.26 Å². The van der Waals surface area contributed by atoms with E-state index < -0.39 is 9.84 Å². The molecule has 0 aromatic heterocycles. The van der Waals surface area contributed by atoms with E-state index in [1.165, 1.54) is 11.8 Å². The van der Waals surface area contributed by atoms with Gasteiger partial charge in [-0.25, -0.2) is 8.42 Å². The predicted molar refractivity (Wildman–Crippen MR) is 66.2 cm³/mol. The van der Waals surface area contributed by atoms with Gasteiger partial charge in [-0.15, -0.1) is 0 Å². The van der Waals surface area contributed by atoms with Gasteiger partial charge in [0.25, 0.3) is 0 Å². The minimum atomic E-state index is -3.07. The fourth-order valence-corrected chi connectivity index (χ4v) is 2.18. The van der Waals surface area contributed by atoms with Crippen LogP contribution in [-0.4, -0.2) is 21.2 Å². The van der Waals surface area contributed by atoms with Crippen molar-refractivity contribution in [3.8, 4) is 0 Å². The van der Waals surface area contributed by atoms with Crippen molar-refractivity contribution >= 4 is 9.84 Å². The number of sulfone groups is 1. The van der Waals surface area contributed by atoms with Gasteiger partial charge < -0.3 is 5.73 Å². The summed E-state index contributed by atoms with van der Waals surface area (Å²) in [4.78, 5) is 0.387. The molecule has 0 amide bonds. The van der Waals surface area contributed by atoms with Crippen molar-refractivity contribution < 1.29 is 8.42 Å². The third-order valence-electron chi connectivity index (χ3n) is 2.52. The molecule has 4 heteroatoms. The van der Waals surface area contributed by atoms with Crippen LogP contribution in [0.25, 0.3) is 0 Å². The first kappa shape index (κ1) is 13.2. The van der Waals surface area contributed by atoms with E-state index in [4.69, 9.17) is 5.73 Å². The van der Waals surface area contributed by atoms with Gasteiger partial charge in [0.05, 0.1) is 4.90 Å². The normalized spacial score (nSPS) is 11.6. The Morgan fingerprint density at radius 3 is 2.19 bits per heavy atom. The first-order valence-corrected chi connectivity index (χ1v) is 7.42. The number of unbranched alkanes of at least 4 members (excludes halogenated alkanes) is 2. The Balaban J connectivity index is 2.52. The summed E-state index contributed by atoms with van der Waals surface area (Å²) in [6.07, 6.45) is 5.51. The first-order chi connectivity index (χ1) is 7.54. The van der Waals surface area contributed by atoms with Gasteiger partial charge in [-0.3, -0.25) is 0 Å². The average Bonchev–Trinajstić information content (AvgIpc) is 2.24. The number of hydrogen-bond acceptors (Lipinski definition) is 3. The molecule has 90 valence electrons. The Morgan fingerprint density at radius 1 is 1.06 bits per heavy atom. The van der Waals surface area contributed by atoms with Crippen LogP contribution in [0.15, 0.2) is 29.2 Å². The van der Waals surface area contributed by atoms with E-state index in [-0.39, 0.29) is 0 Å². The Morgan fingerprint density at radius 2 is 1.69 bits per heavy atom. The summed E-state index contributed by atoms with van der Waals surface area (Å²) in [6, 6.07) is 7.12. The van der Waals surface area contributed by atoms with Gasteiger partial charge in [0.2, 0.25) is 0 Å². The van der Waals surface area contributed by atoms with Crippen molar-refractivity contribution in [3.63, 3.8) is 0 Å². The van der Waals surface area contributed by atoms with Crippen LogP contribution < -0.4 is 5.73 Å². The summed E-state index contributed by atoms with van der Waals surface area (Å²) in [5, 5.41) is 0. The van der Waals surface area contributed by atoms with Gasteiger partial charge >= 0.3 is 0 Å². The van der Waals surface area contributed by atoms with Crippen molar-refractivity contribution in [1.82, 2.24) is 0 Å². The smallest absolute Gasteiger partial charge is 0.175 e. The molecule has 0 radical (unpaired) electrons. The van der Waals surface area contributed by atoms with Crippen LogP contribution in [0, 0.1) is 0 Å². The van der Waals surface area contributed by atoms with E-state index in [9.17, 15) is 8.42 Å². The molecule has 3 nitrogen and oxygen atoms in total. The molecule has 0 saturated heterocycles. The van der Waals surface area contributed by atoms with Crippen molar-refractivity contribution in [1.29, 1.82) is 0 Å². The third-order valence-corrected chi connectivity index (χ3v) is 3.65. The predicted octanol–water partition coefficient (Wildman–Crippen LogP) is 1.76. The topological polar surface area (TPSA) is 60.2 Å². The molecule has 0 spiro atoms. The van der Waals surface area contributed by atoms with Crippen LogP contribution in [0.4, 0.5) is 0 Å². The van der Waals surface area contributed by atoms with Crippen molar-refractivity contribution in [3.05, 3.63) is 29.8 Å². The lowest BCUT2D eigenvalue weighted by Crippen LogP contribution is -1.99. The zero-order chi connectivity index (χ0) is 12.0. The van der Waals surface area contributed by atoms with E-state index >= 15 is 0 Å². The largest absolute Gasteiger partial charge is 0.330 e. The molecule has 0 saturated carbocycles. The maximum atomic E-state index is 11.2. The lowest BCUT2D eigenvalue weighted by atomic mass is 10.1. The highest BCUT2D eigenvalue weighted by atomic mass is 32.2. The van der Waals surface area contributed by atoms with Crippen LogP contribution in [0.2, 0.25) is 0 Å². The van der Waals surface area contributed by atoms with E-state index in [1.54, 1.807) is 12.1 Å². The summed E-state index contributed by atoms with van der Waals surface area (Å²) < 4.78 is 22.5. The number of benzene rings is 1. The molecule has 1 aromatic rings. The zero-order valence-corrected chi connectivity index (χ0v) is 10.5. The molecule has 0 atom stereocenters. The van der Waals surface area contributed by atoms with Crippen LogP contribution in [0.1, 0.15) is 24.8 Å². The Bertz CT molecular complexity index is 409. The van der Waals surface area contributed by atoms with Gasteiger partial charge in [-0.1, -0.05) is 18.6 Å². The van der Waals surface area contributed by atoms with Gasteiger partial charge in [0.15, 0.2) is 9.84 Å². The monoisotopic (exact) mass is 241 g/mol. The second-order valence-electron chi connectivity index (χ2n) is 4.02. The molecule has 0 bridgehead atoms. The lowest BCUT2D eigenvalue weighted by Gasteiger charge is -2.02. The lowest BCUT2D eigenvalue weighted by molar-refractivity contribution is 0.602. The second kappa shape index (κ2) is 6.01. The fraction of sp³-hybridized carbons (Fsp3) is 0.500. The minimum absolute atomic E-state index is 0.387. The number of hydrogen-bond donors (Lipinski definition) is 1. The minimum Gasteiger partial charge on any atom is -0.330 e. The number of rotatable bonds is 6. The summed E-state index contributed by atoms with van der Waals surface area (Å²) >= 11 is 0. The Labute approximate surface area is 97.6 Å². The SMILES string of the molecule is CS(=O)(=O)c1ccc(CCCCCN)cc1. The van der Waals surface area contributed by atoms with Crippen LogP contribution in [0.3, 0.4) is 0 Å². The van der Waals surface area contributed by atoms with Crippen molar-refractivity contribution in [2.24, 2.45) is 5.73 Å². The summed E-state index contributed by atoms with van der Waals surface area (Å²) in [5.41, 5.74) is 6.59. The van der Waals surface area contributed by atoms with Crippen LogP contribution >= 0.6 is 0 Å². The average molecular weight is 241 g/mol. The Hall–Kier alpha value is -0.870. The summed E-state index contributed by atoms with van der Waals surface area (Å²) in [5.74, 6) is 0. The van der Waals surface area contributed by atoms with E-state index in [2.05, 4.69) is 0 Å². The van der Waals surface area contributed by atoms with Crippen LogP contribution in [-0.2, 0) is 16.3 Å². The van der Waals surface area contributed by atoms with Gasteiger partial charge in [0.1, 0.15) is 0 Å². The van der Waals surface area contributed by atoms with Crippen molar-refractivity contribution in [2.45, 2.75) is 30.6 Å². The zero-order valence-electron chi connectivity index (χ0n) is 9.65. The van der Waals surface area contributed by atoms with Gasteiger partial charge in [-0.05, 0) is 43.5 Å². The molecule has 0 aliphatic carbocycles. The number of aryl methyl sites for hydroxylation is 1.